The average Bonchev–Trinajstić information content (AvgIpc) is 2.83. The molecule has 0 spiro atoms. The molecule has 0 bridgehead atoms. The molecule has 2 atom stereocenters. The summed E-state index contributed by atoms with van der Waals surface area (Å²) in [7, 11) is 0. The van der Waals surface area contributed by atoms with E-state index in [1.807, 2.05) is 0 Å². The fraction of sp³-hybridized carbons (Fsp3) is 1.00. The van der Waals surface area contributed by atoms with Gasteiger partial charge >= 0.3 is 0 Å². The molecule has 0 amide bonds. The van der Waals surface area contributed by atoms with E-state index in [1.165, 1.54) is 45.3 Å². The average molecular weight is 226 g/mol. The Morgan fingerprint density at radius 2 is 2.06 bits per heavy atom. The third kappa shape index (κ3) is 2.96. The molecule has 0 aromatic heterocycles. The summed E-state index contributed by atoms with van der Waals surface area (Å²) in [6, 6.07) is 1.41. The van der Waals surface area contributed by atoms with Crippen LogP contribution >= 0.6 is 0 Å². The second-order valence-corrected chi connectivity index (χ2v) is 5.44. The van der Waals surface area contributed by atoms with E-state index in [9.17, 15) is 0 Å². The normalized spacial score (nSPS) is 30.8. The molecule has 0 saturated carbocycles. The third-order valence-corrected chi connectivity index (χ3v) is 4.44. The van der Waals surface area contributed by atoms with E-state index in [2.05, 4.69) is 17.1 Å². The van der Waals surface area contributed by atoms with Gasteiger partial charge in [-0.05, 0) is 64.6 Å². The molecule has 2 aliphatic rings. The zero-order valence-corrected chi connectivity index (χ0v) is 10.5. The van der Waals surface area contributed by atoms with Gasteiger partial charge < -0.3 is 10.4 Å². The fourth-order valence-electron chi connectivity index (χ4n) is 3.21. The van der Waals surface area contributed by atoms with Crippen LogP contribution in [0.2, 0.25) is 0 Å². The topological polar surface area (TPSA) is 35.5 Å². The molecule has 2 saturated heterocycles. The van der Waals surface area contributed by atoms with E-state index in [1.54, 1.807) is 0 Å². The van der Waals surface area contributed by atoms with Crippen molar-refractivity contribution in [1.29, 1.82) is 0 Å². The van der Waals surface area contributed by atoms with E-state index < -0.39 is 0 Å². The second-order valence-electron chi connectivity index (χ2n) is 5.44. The first-order valence-electron chi connectivity index (χ1n) is 6.89. The molecule has 2 fully saturated rings. The Kier molecular flexibility index (Phi) is 4.62. The highest BCUT2D eigenvalue weighted by molar-refractivity contribution is 4.87. The van der Waals surface area contributed by atoms with Gasteiger partial charge in [0.1, 0.15) is 0 Å². The van der Waals surface area contributed by atoms with Crippen LogP contribution in [0.1, 0.15) is 39.0 Å². The van der Waals surface area contributed by atoms with Crippen LogP contribution in [0, 0.1) is 5.92 Å². The Morgan fingerprint density at radius 3 is 2.62 bits per heavy atom. The number of piperidine rings is 1. The van der Waals surface area contributed by atoms with Crippen molar-refractivity contribution in [3.63, 3.8) is 0 Å². The lowest BCUT2D eigenvalue weighted by Crippen LogP contribution is -2.48. The molecule has 2 rings (SSSR count). The van der Waals surface area contributed by atoms with Crippen LogP contribution in [0.3, 0.4) is 0 Å². The maximum Gasteiger partial charge on any atom is 0.0433 e. The molecule has 94 valence electrons. The number of hydrogen-bond acceptors (Lipinski definition) is 3. The summed E-state index contributed by atoms with van der Waals surface area (Å²) in [6.07, 6.45) is 6.24. The molecule has 3 heteroatoms. The highest BCUT2D eigenvalue weighted by Crippen LogP contribution is 2.24. The molecule has 0 aromatic carbocycles. The molecule has 3 nitrogen and oxygen atoms in total. The van der Waals surface area contributed by atoms with Crippen molar-refractivity contribution in [3.05, 3.63) is 0 Å². The summed E-state index contributed by atoms with van der Waals surface area (Å²) >= 11 is 0. The molecular formula is C13H26N2O. The number of likely N-dealkylation sites (tertiary alicyclic amines) is 1. The van der Waals surface area contributed by atoms with Gasteiger partial charge in [0.05, 0.1) is 0 Å². The Labute approximate surface area is 99.2 Å². The van der Waals surface area contributed by atoms with Crippen LogP contribution in [0.5, 0.6) is 0 Å². The number of aliphatic hydroxyl groups excluding tert-OH is 1. The minimum Gasteiger partial charge on any atom is -0.396 e. The van der Waals surface area contributed by atoms with Crippen molar-refractivity contribution in [3.8, 4) is 0 Å². The van der Waals surface area contributed by atoms with E-state index in [0.29, 0.717) is 12.6 Å². The number of rotatable bonds is 4. The number of aliphatic hydroxyl groups is 1. The molecule has 2 aliphatic heterocycles. The lowest BCUT2D eigenvalue weighted by atomic mass is 9.92. The summed E-state index contributed by atoms with van der Waals surface area (Å²) in [5.74, 6) is 0.769. The Bertz CT molecular complexity index is 196. The van der Waals surface area contributed by atoms with Gasteiger partial charge in [0.25, 0.3) is 0 Å². The van der Waals surface area contributed by atoms with E-state index in [0.717, 1.165) is 18.4 Å². The zero-order valence-electron chi connectivity index (χ0n) is 10.5. The molecule has 16 heavy (non-hydrogen) atoms. The second kappa shape index (κ2) is 5.99. The smallest absolute Gasteiger partial charge is 0.0433 e. The van der Waals surface area contributed by atoms with Crippen molar-refractivity contribution in [2.75, 3.05) is 26.2 Å². The van der Waals surface area contributed by atoms with Crippen molar-refractivity contribution in [2.24, 2.45) is 5.92 Å². The van der Waals surface area contributed by atoms with Gasteiger partial charge in [-0.25, -0.2) is 0 Å². The molecular weight excluding hydrogens is 200 g/mol. The van der Waals surface area contributed by atoms with Crippen molar-refractivity contribution in [1.82, 2.24) is 10.2 Å². The largest absolute Gasteiger partial charge is 0.396 e. The monoisotopic (exact) mass is 226 g/mol. The van der Waals surface area contributed by atoms with Crippen molar-refractivity contribution >= 4 is 0 Å². The summed E-state index contributed by atoms with van der Waals surface area (Å²) < 4.78 is 0. The summed E-state index contributed by atoms with van der Waals surface area (Å²) in [6.45, 7) is 6.39. The molecule has 0 aliphatic carbocycles. The fourth-order valence-corrected chi connectivity index (χ4v) is 3.21. The van der Waals surface area contributed by atoms with Gasteiger partial charge in [0.2, 0.25) is 0 Å². The molecule has 0 aromatic rings. The number of hydrogen-bond donors (Lipinski definition) is 2. The van der Waals surface area contributed by atoms with Crippen LogP contribution in [0.25, 0.3) is 0 Å². The van der Waals surface area contributed by atoms with Crippen LogP contribution in [-0.4, -0.2) is 48.3 Å². The molecule has 0 radical (unpaired) electrons. The number of nitrogens with zero attached hydrogens (tertiary/aromatic N) is 1. The number of nitrogens with one attached hydrogen (secondary N) is 1. The lowest BCUT2D eigenvalue weighted by Gasteiger charge is -2.38. The van der Waals surface area contributed by atoms with E-state index in [4.69, 9.17) is 5.11 Å². The van der Waals surface area contributed by atoms with Crippen molar-refractivity contribution < 1.29 is 5.11 Å². The maximum absolute atomic E-state index is 8.94. The van der Waals surface area contributed by atoms with Crippen LogP contribution in [0.15, 0.2) is 0 Å². The Balaban J connectivity index is 1.74. The Hall–Kier alpha value is -0.120. The summed E-state index contributed by atoms with van der Waals surface area (Å²) in [4.78, 5) is 2.64. The van der Waals surface area contributed by atoms with Crippen molar-refractivity contribution in [2.45, 2.75) is 51.1 Å². The quantitative estimate of drug-likeness (QED) is 0.756. The highest BCUT2D eigenvalue weighted by Gasteiger charge is 2.28. The predicted octanol–water partition coefficient (Wildman–Crippen LogP) is 1.22. The summed E-state index contributed by atoms with van der Waals surface area (Å²) in [5.41, 5.74) is 0. The van der Waals surface area contributed by atoms with Gasteiger partial charge in [-0.1, -0.05) is 0 Å². The SMILES string of the molecule is CC(C1CCCN1)N1CCC(CCO)CC1. The molecule has 2 unspecified atom stereocenters. The standard InChI is InChI=1S/C13H26N2O/c1-11(13-3-2-7-14-13)15-8-4-12(5-9-15)6-10-16/h11-14,16H,2-10H2,1H3. The first-order valence-corrected chi connectivity index (χ1v) is 6.89. The van der Waals surface area contributed by atoms with E-state index >= 15 is 0 Å². The van der Waals surface area contributed by atoms with Crippen LogP contribution < -0.4 is 5.32 Å². The zero-order chi connectivity index (χ0) is 11.4. The van der Waals surface area contributed by atoms with Gasteiger partial charge in [0, 0.05) is 18.7 Å². The Morgan fingerprint density at radius 1 is 1.31 bits per heavy atom. The van der Waals surface area contributed by atoms with E-state index in [-0.39, 0.29) is 0 Å². The van der Waals surface area contributed by atoms with Gasteiger partial charge in [-0.2, -0.15) is 0 Å². The van der Waals surface area contributed by atoms with Gasteiger partial charge in [-0.15, -0.1) is 0 Å². The third-order valence-electron chi connectivity index (χ3n) is 4.44. The maximum atomic E-state index is 8.94. The predicted molar refractivity (Wildman–Crippen MR) is 66.5 cm³/mol. The first kappa shape index (κ1) is 12.3. The molecule has 2 heterocycles. The van der Waals surface area contributed by atoms with Crippen LogP contribution in [0.4, 0.5) is 0 Å². The van der Waals surface area contributed by atoms with Crippen LogP contribution in [-0.2, 0) is 0 Å². The summed E-state index contributed by atoms with van der Waals surface area (Å²) in [5, 5.41) is 12.6. The minimum absolute atomic E-state index is 0.365. The first-order chi connectivity index (χ1) is 7.81. The molecule has 2 N–H and O–H groups in total. The minimum atomic E-state index is 0.365. The van der Waals surface area contributed by atoms with Gasteiger partial charge in [-0.3, -0.25) is 4.90 Å². The lowest BCUT2D eigenvalue weighted by molar-refractivity contribution is 0.109. The van der Waals surface area contributed by atoms with Gasteiger partial charge in [0.15, 0.2) is 0 Å². The highest BCUT2D eigenvalue weighted by atomic mass is 16.3.